The summed E-state index contributed by atoms with van der Waals surface area (Å²) in [5, 5.41) is 8.19. The number of nitrogens with one attached hydrogen (secondary N) is 1. The number of hydrogen-bond donors (Lipinski definition) is 2. The van der Waals surface area contributed by atoms with E-state index < -0.39 is 5.91 Å². The predicted octanol–water partition coefficient (Wildman–Crippen LogP) is 1.24. The van der Waals surface area contributed by atoms with Crippen LogP contribution in [-0.4, -0.2) is 16.9 Å². The fraction of sp³-hybridized carbons (Fsp3) is 0.0909. The molecule has 0 heterocycles. The summed E-state index contributed by atoms with van der Waals surface area (Å²) in [6, 6.07) is 6.98. The van der Waals surface area contributed by atoms with Gasteiger partial charge in [-0.05, 0) is 13.0 Å². The number of rotatable bonds is 3. The molecule has 0 saturated heterocycles. The average molecular weight is 205 g/mol. The first kappa shape index (κ1) is 11.1. The van der Waals surface area contributed by atoms with Crippen molar-refractivity contribution < 1.29 is 14.8 Å². The number of ketones is 1. The molecule has 0 radical (unpaired) electrons. The van der Waals surface area contributed by atoms with Crippen molar-refractivity contribution in [3.63, 3.8) is 0 Å². The Morgan fingerprint density at radius 2 is 1.80 bits per heavy atom. The first-order chi connectivity index (χ1) is 7.13. The molecule has 0 aliphatic rings. The zero-order chi connectivity index (χ0) is 11.3. The minimum Gasteiger partial charge on any atom is -0.289 e. The van der Waals surface area contributed by atoms with Crippen LogP contribution in [0.5, 0.6) is 0 Å². The second-order valence-corrected chi connectivity index (χ2v) is 3.04. The lowest BCUT2D eigenvalue weighted by Gasteiger charge is -1.96. The Kier molecular flexibility index (Phi) is 3.76. The predicted molar refractivity (Wildman–Crippen MR) is 54.6 cm³/mol. The molecule has 2 N–H and O–H groups in total. The molecule has 0 aliphatic heterocycles. The van der Waals surface area contributed by atoms with Gasteiger partial charge in [0.2, 0.25) is 0 Å². The number of amides is 1. The minimum absolute atomic E-state index is 0.279. The Balaban J connectivity index is 2.73. The summed E-state index contributed by atoms with van der Waals surface area (Å²) in [4.78, 5) is 22.0. The molecular weight excluding hydrogens is 194 g/mol. The van der Waals surface area contributed by atoms with Crippen LogP contribution in [0.2, 0.25) is 0 Å². The molecule has 4 nitrogen and oxygen atoms in total. The van der Waals surface area contributed by atoms with Gasteiger partial charge in [0.1, 0.15) is 0 Å². The third-order valence-electron chi connectivity index (χ3n) is 1.83. The summed E-state index contributed by atoms with van der Waals surface area (Å²) in [6.45, 7) is 1.92. The quantitative estimate of drug-likeness (QED) is 0.337. The summed E-state index contributed by atoms with van der Waals surface area (Å²) < 4.78 is 0. The third kappa shape index (κ3) is 3.36. The Morgan fingerprint density at radius 3 is 2.33 bits per heavy atom. The number of carbonyl (C=O) groups excluding carboxylic acids is 2. The van der Waals surface area contributed by atoms with Crippen LogP contribution >= 0.6 is 0 Å². The maximum absolute atomic E-state index is 11.4. The fourth-order valence-corrected chi connectivity index (χ4v) is 1.00. The van der Waals surface area contributed by atoms with E-state index in [2.05, 4.69) is 0 Å². The first-order valence-corrected chi connectivity index (χ1v) is 4.36. The van der Waals surface area contributed by atoms with Crippen LogP contribution in [0.25, 0.3) is 0 Å². The van der Waals surface area contributed by atoms with Gasteiger partial charge < -0.3 is 0 Å². The lowest BCUT2D eigenvalue weighted by molar-refractivity contribution is -0.124. The Bertz CT molecular complexity index is 393. The van der Waals surface area contributed by atoms with Crippen LogP contribution in [-0.2, 0) is 4.79 Å². The molecule has 0 spiro atoms. The number of hydrogen-bond acceptors (Lipinski definition) is 3. The molecule has 1 rings (SSSR count). The average Bonchev–Trinajstić information content (AvgIpc) is 2.26. The van der Waals surface area contributed by atoms with E-state index in [0.29, 0.717) is 5.56 Å². The lowest BCUT2D eigenvalue weighted by atomic mass is 10.1. The maximum Gasteiger partial charge on any atom is 0.267 e. The molecule has 0 atom stereocenters. The van der Waals surface area contributed by atoms with Crippen LogP contribution in [0, 0.1) is 6.92 Å². The van der Waals surface area contributed by atoms with Crippen LogP contribution in [0.4, 0.5) is 0 Å². The van der Waals surface area contributed by atoms with E-state index in [9.17, 15) is 9.59 Å². The molecule has 0 saturated carbocycles. The summed E-state index contributed by atoms with van der Waals surface area (Å²) in [5.74, 6) is -1.01. The highest BCUT2D eigenvalue weighted by Crippen LogP contribution is 2.04. The van der Waals surface area contributed by atoms with Crippen LogP contribution in [0.3, 0.4) is 0 Å². The van der Waals surface area contributed by atoms with E-state index in [-0.39, 0.29) is 5.78 Å². The molecular formula is C11H11NO3. The molecule has 0 fully saturated rings. The zero-order valence-electron chi connectivity index (χ0n) is 8.23. The molecule has 0 bridgehead atoms. The van der Waals surface area contributed by atoms with Gasteiger partial charge in [0.05, 0.1) is 0 Å². The third-order valence-corrected chi connectivity index (χ3v) is 1.83. The topological polar surface area (TPSA) is 66.4 Å². The van der Waals surface area contributed by atoms with Crippen molar-refractivity contribution in [2.75, 3.05) is 0 Å². The van der Waals surface area contributed by atoms with E-state index in [1.807, 2.05) is 19.1 Å². The number of aryl methyl sites for hydroxylation is 1. The molecule has 15 heavy (non-hydrogen) atoms. The number of benzene rings is 1. The lowest BCUT2D eigenvalue weighted by Crippen LogP contribution is -2.15. The second kappa shape index (κ2) is 5.07. The molecule has 1 aromatic carbocycles. The van der Waals surface area contributed by atoms with Gasteiger partial charge in [-0.3, -0.25) is 14.8 Å². The summed E-state index contributed by atoms with van der Waals surface area (Å²) in [7, 11) is 0. The van der Waals surface area contributed by atoms with Crippen LogP contribution < -0.4 is 5.48 Å². The van der Waals surface area contributed by atoms with Gasteiger partial charge >= 0.3 is 0 Å². The second-order valence-electron chi connectivity index (χ2n) is 3.04. The van der Waals surface area contributed by atoms with Crippen molar-refractivity contribution in [1.82, 2.24) is 5.48 Å². The van der Waals surface area contributed by atoms with Gasteiger partial charge in [0.25, 0.3) is 5.91 Å². The number of allylic oxidation sites excluding steroid dienone is 1. The summed E-state index contributed by atoms with van der Waals surface area (Å²) >= 11 is 0. The number of hydroxylamine groups is 1. The highest BCUT2D eigenvalue weighted by molar-refractivity contribution is 6.07. The van der Waals surface area contributed by atoms with E-state index in [1.54, 1.807) is 12.1 Å². The van der Waals surface area contributed by atoms with Gasteiger partial charge in [-0.2, -0.15) is 0 Å². The molecule has 78 valence electrons. The van der Waals surface area contributed by atoms with Gasteiger partial charge in [0.15, 0.2) is 5.78 Å². The fourth-order valence-electron chi connectivity index (χ4n) is 1.00. The first-order valence-electron chi connectivity index (χ1n) is 4.36. The van der Waals surface area contributed by atoms with Gasteiger partial charge in [-0.25, -0.2) is 5.48 Å². The van der Waals surface area contributed by atoms with Crippen molar-refractivity contribution in [3.8, 4) is 0 Å². The Morgan fingerprint density at radius 1 is 1.20 bits per heavy atom. The Hall–Kier alpha value is -1.94. The summed E-state index contributed by atoms with van der Waals surface area (Å²) in [6.07, 6.45) is 2.08. The maximum atomic E-state index is 11.4. The number of carbonyl (C=O) groups is 2. The monoisotopic (exact) mass is 205 g/mol. The molecule has 1 aromatic rings. The van der Waals surface area contributed by atoms with Crippen molar-refractivity contribution >= 4 is 11.7 Å². The Labute approximate surface area is 87.2 Å². The smallest absolute Gasteiger partial charge is 0.267 e. The molecule has 4 heteroatoms. The van der Waals surface area contributed by atoms with Crippen LogP contribution in [0.15, 0.2) is 36.4 Å². The SMILES string of the molecule is Cc1ccc(C(=O)C=CC(=O)NO)cc1. The van der Waals surface area contributed by atoms with Gasteiger partial charge in [-0.15, -0.1) is 0 Å². The van der Waals surface area contributed by atoms with Crippen molar-refractivity contribution in [3.05, 3.63) is 47.5 Å². The summed E-state index contributed by atoms with van der Waals surface area (Å²) in [5.41, 5.74) is 2.96. The highest BCUT2D eigenvalue weighted by Gasteiger charge is 2.01. The highest BCUT2D eigenvalue weighted by atomic mass is 16.5. The van der Waals surface area contributed by atoms with E-state index in [4.69, 9.17) is 5.21 Å². The zero-order valence-corrected chi connectivity index (χ0v) is 8.23. The van der Waals surface area contributed by atoms with Crippen LogP contribution in [0.1, 0.15) is 15.9 Å². The van der Waals surface area contributed by atoms with Crippen molar-refractivity contribution in [2.45, 2.75) is 6.92 Å². The van der Waals surface area contributed by atoms with E-state index in [0.717, 1.165) is 17.7 Å². The normalized spacial score (nSPS) is 10.3. The minimum atomic E-state index is -0.726. The molecule has 0 aliphatic carbocycles. The van der Waals surface area contributed by atoms with Gasteiger partial charge in [-0.1, -0.05) is 29.8 Å². The van der Waals surface area contributed by atoms with E-state index >= 15 is 0 Å². The van der Waals surface area contributed by atoms with Gasteiger partial charge in [0, 0.05) is 11.6 Å². The van der Waals surface area contributed by atoms with Crippen molar-refractivity contribution in [1.29, 1.82) is 0 Å². The van der Waals surface area contributed by atoms with Crippen molar-refractivity contribution in [2.24, 2.45) is 0 Å². The molecule has 0 aromatic heterocycles. The standard InChI is InChI=1S/C11H11NO3/c1-8-2-4-9(5-3-8)10(13)6-7-11(14)12-15/h2-7,15H,1H3,(H,12,14). The molecule has 0 unspecified atom stereocenters. The largest absolute Gasteiger partial charge is 0.289 e. The molecule has 1 amide bonds. The van der Waals surface area contributed by atoms with E-state index in [1.165, 1.54) is 5.48 Å².